The van der Waals surface area contributed by atoms with Crippen LogP contribution in [0.4, 0.5) is 0 Å². The molecule has 0 atom stereocenters. The van der Waals surface area contributed by atoms with Gasteiger partial charge in [0, 0.05) is 24.6 Å². The summed E-state index contributed by atoms with van der Waals surface area (Å²) < 4.78 is 16.3. The van der Waals surface area contributed by atoms with E-state index in [9.17, 15) is 9.59 Å². The van der Waals surface area contributed by atoms with E-state index in [4.69, 9.17) is 9.47 Å². The summed E-state index contributed by atoms with van der Waals surface area (Å²) in [5.74, 6) is 1.13. The summed E-state index contributed by atoms with van der Waals surface area (Å²) >= 11 is 3.43. The van der Waals surface area contributed by atoms with Gasteiger partial charge in [0.2, 0.25) is 0 Å². The van der Waals surface area contributed by atoms with E-state index in [2.05, 4.69) is 20.9 Å². The molecule has 0 bridgehead atoms. The predicted octanol–water partition coefficient (Wildman–Crippen LogP) is 3.05. The van der Waals surface area contributed by atoms with Crippen LogP contribution in [0.25, 0.3) is 11.2 Å². The zero-order chi connectivity index (χ0) is 21.4. The van der Waals surface area contributed by atoms with E-state index >= 15 is 0 Å². The van der Waals surface area contributed by atoms with E-state index in [1.54, 1.807) is 43.0 Å². The quantitative estimate of drug-likeness (QED) is 0.447. The van der Waals surface area contributed by atoms with Crippen molar-refractivity contribution in [1.82, 2.24) is 18.7 Å². The summed E-state index contributed by atoms with van der Waals surface area (Å²) in [6.45, 7) is 0.344. The maximum absolute atomic E-state index is 12.9. The number of fused-ring (bicyclic) bond motifs is 1. The molecule has 9 heteroatoms. The monoisotopic (exact) mass is 470 g/mol. The number of hydrogen-bond donors (Lipinski definition) is 0. The Hall–Kier alpha value is -3.33. The maximum Gasteiger partial charge on any atom is 0.332 e. The highest BCUT2D eigenvalue weighted by molar-refractivity contribution is 9.10. The lowest BCUT2D eigenvalue weighted by Gasteiger charge is -2.11. The van der Waals surface area contributed by atoms with Crippen molar-refractivity contribution >= 4 is 27.1 Å². The molecular weight excluding hydrogens is 452 g/mol. The molecule has 0 N–H and O–H groups in total. The Morgan fingerprint density at radius 2 is 1.70 bits per heavy atom. The Morgan fingerprint density at radius 3 is 2.40 bits per heavy atom. The number of nitrogens with zero attached hydrogens (tertiary/aromatic N) is 4. The number of imidazole rings is 1. The lowest BCUT2D eigenvalue weighted by Crippen LogP contribution is -2.37. The van der Waals surface area contributed by atoms with Crippen LogP contribution in [0.2, 0.25) is 0 Å². The molecule has 8 nitrogen and oxygen atoms in total. The molecule has 2 aromatic heterocycles. The molecule has 0 amide bonds. The Balaban J connectivity index is 1.92. The number of aryl methyl sites for hydroxylation is 1. The molecule has 0 spiro atoms. The zero-order valence-electron chi connectivity index (χ0n) is 16.6. The van der Waals surface area contributed by atoms with Gasteiger partial charge in [0.15, 0.2) is 11.2 Å². The number of methoxy groups -OCH3 is 1. The molecule has 0 aliphatic carbocycles. The van der Waals surface area contributed by atoms with Gasteiger partial charge in [-0.25, -0.2) is 4.79 Å². The standard InChI is InChI=1S/C21H19BrN4O4/c1-24-18-17(19(27)25(2)21(24)28)26(12-13-7-9-14(22)10-8-13)20(23-18)30-16-6-4-5-15(11-16)29-3/h4-11H,12H2,1-3H3. The fourth-order valence-electron chi connectivity index (χ4n) is 3.19. The molecule has 0 saturated heterocycles. The minimum atomic E-state index is -0.450. The van der Waals surface area contributed by atoms with Gasteiger partial charge in [-0.15, -0.1) is 0 Å². The fraction of sp³-hybridized carbons (Fsp3) is 0.190. The molecule has 0 saturated carbocycles. The minimum absolute atomic E-state index is 0.208. The van der Waals surface area contributed by atoms with Gasteiger partial charge in [0.25, 0.3) is 5.56 Å². The Kier molecular flexibility index (Phi) is 5.21. The SMILES string of the molecule is COc1cccc(Oc2nc3c(c(=O)n(C)c(=O)n3C)n2Cc2ccc(Br)cc2)c1. The van der Waals surface area contributed by atoms with Crippen LogP contribution in [0.5, 0.6) is 17.5 Å². The minimum Gasteiger partial charge on any atom is -0.497 e. The second-order valence-electron chi connectivity index (χ2n) is 6.77. The smallest absolute Gasteiger partial charge is 0.332 e. The average molecular weight is 471 g/mol. The number of hydrogen-bond acceptors (Lipinski definition) is 5. The second-order valence-corrected chi connectivity index (χ2v) is 7.68. The average Bonchev–Trinajstić information content (AvgIpc) is 3.10. The van der Waals surface area contributed by atoms with Gasteiger partial charge in [-0.05, 0) is 29.8 Å². The molecular formula is C21H19BrN4O4. The van der Waals surface area contributed by atoms with E-state index in [0.717, 1.165) is 14.6 Å². The van der Waals surface area contributed by atoms with Crippen LogP contribution in [0.3, 0.4) is 0 Å². The van der Waals surface area contributed by atoms with Gasteiger partial charge >= 0.3 is 11.7 Å². The highest BCUT2D eigenvalue weighted by Crippen LogP contribution is 2.27. The number of benzene rings is 2. The molecule has 4 rings (SSSR count). The maximum atomic E-state index is 12.9. The number of halogens is 1. The third-order valence-electron chi connectivity index (χ3n) is 4.82. The van der Waals surface area contributed by atoms with Gasteiger partial charge in [0.05, 0.1) is 13.7 Å². The molecule has 2 heterocycles. The Morgan fingerprint density at radius 1 is 1.00 bits per heavy atom. The third kappa shape index (κ3) is 3.52. The van der Waals surface area contributed by atoms with Crippen LogP contribution in [-0.2, 0) is 20.6 Å². The van der Waals surface area contributed by atoms with E-state index in [-0.39, 0.29) is 11.7 Å². The summed E-state index contributed by atoms with van der Waals surface area (Å²) in [6.07, 6.45) is 0. The highest BCUT2D eigenvalue weighted by atomic mass is 79.9. The van der Waals surface area contributed by atoms with Crippen molar-refractivity contribution in [2.24, 2.45) is 14.1 Å². The van der Waals surface area contributed by atoms with Gasteiger partial charge in [-0.1, -0.05) is 34.1 Å². The second kappa shape index (κ2) is 7.83. The molecule has 0 fully saturated rings. The van der Waals surface area contributed by atoms with Crippen LogP contribution in [-0.4, -0.2) is 25.8 Å². The summed E-state index contributed by atoms with van der Waals surface area (Å²) in [5, 5.41) is 0. The summed E-state index contributed by atoms with van der Waals surface area (Å²) in [7, 11) is 4.60. The van der Waals surface area contributed by atoms with Crippen molar-refractivity contribution in [2.45, 2.75) is 6.54 Å². The van der Waals surface area contributed by atoms with Crippen LogP contribution < -0.4 is 20.7 Å². The largest absolute Gasteiger partial charge is 0.497 e. The Labute approximate surface area is 180 Å². The zero-order valence-corrected chi connectivity index (χ0v) is 18.2. The normalized spacial score (nSPS) is 11.1. The molecule has 0 aliphatic heterocycles. The van der Waals surface area contributed by atoms with E-state index in [0.29, 0.717) is 23.6 Å². The van der Waals surface area contributed by atoms with Crippen molar-refractivity contribution < 1.29 is 9.47 Å². The molecule has 4 aromatic rings. The van der Waals surface area contributed by atoms with Crippen LogP contribution >= 0.6 is 15.9 Å². The van der Waals surface area contributed by atoms with Gasteiger partial charge in [-0.3, -0.25) is 18.5 Å². The fourth-order valence-corrected chi connectivity index (χ4v) is 3.46. The molecule has 0 radical (unpaired) electrons. The summed E-state index contributed by atoms with van der Waals surface area (Å²) in [5.41, 5.74) is 0.620. The lowest BCUT2D eigenvalue weighted by molar-refractivity contribution is 0.398. The molecule has 154 valence electrons. The topological polar surface area (TPSA) is 80.3 Å². The molecule has 2 aromatic carbocycles. The summed E-state index contributed by atoms with van der Waals surface area (Å²) in [4.78, 5) is 29.8. The van der Waals surface area contributed by atoms with Crippen molar-refractivity contribution in [3.63, 3.8) is 0 Å². The van der Waals surface area contributed by atoms with Crippen molar-refractivity contribution in [3.8, 4) is 17.5 Å². The molecule has 0 unspecified atom stereocenters. The predicted molar refractivity (Wildman–Crippen MR) is 117 cm³/mol. The van der Waals surface area contributed by atoms with E-state index in [1.807, 2.05) is 24.3 Å². The van der Waals surface area contributed by atoms with Gasteiger partial charge in [-0.2, -0.15) is 4.98 Å². The number of rotatable bonds is 5. The van der Waals surface area contributed by atoms with Gasteiger partial charge in [0.1, 0.15) is 11.5 Å². The van der Waals surface area contributed by atoms with Crippen LogP contribution in [0.1, 0.15) is 5.56 Å². The van der Waals surface area contributed by atoms with Crippen molar-refractivity contribution in [1.29, 1.82) is 0 Å². The molecule has 30 heavy (non-hydrogen) atoms. The highest BCUT2D eigenvalue weighted by Gasteiger charge is 2.21. The van der Waals surface area contributed by atoms with Crippen LogP contribution in [0.15, 0.2) is 62.6 Å². The first-order valence-electron chi connectivity index (χ1n) is 9.11. The Bertz CT molecular complexity index is 1350. The van der Waals surface area contributed by atoms with Crippen molar-refractivity contribution in [2.75, 3.05) is 7.11 Å². The number of aromatic nitrogens is 4. The molecule has 0 aliphatic rings. The van der Waals surface area contributed by atoms with Crippen molar-refractivity contribution in [3.05, 3.63) is 79.4 Å². The summed E-state index contributed by atoms with van der Waals surface area (Å²) in [6, 6.07) is 15.0. The van der Waals surface area contributed by atoms with Gasteiger partial charge < -0.3 is 9.47 Å². The van der Waals surface area contributed by atoms with Crippen LogP contribution in [0, 0.1) is 0 Å². The lowest BCUT2D eigenvalue weighted by atomic mass is 10.2. The number of ether oxygens (including phenoxy) is 2. The first kappa shape index (κ1) is 20.0. The van der Waals surface area contributed by atoms with E-state index < -0.39 is 11.2 Å². The first-order chi connectivity index (χ1) is 14.4. The van der Waals surface area contributed by atoms with E-state index in [1.165, 1.54) is 11.6 Å². The first-order valence-corrected chi connectivity index (χ1v) is 9.91. The third-order valence-corrected chi connectivity index (χ3v) is 5.35.